The largest absolute Gasteiger partial charge is 0.508 e. The topological polar surface area (TPSA) is 49.5 Å². The molecule has 0 saturated carbocycles. The van der Waals surface area contributed by atoms with Crippen LogP contribution in [0.1, 0.15) is 22.6 Å². The molecule has 4 heteroatoms. The predicted molar refractivity (Wildman–Crippen MR) is 82.1 cm³/mol. The van der Waals surface area contributed by atoms with Crippen LogP contribution in [0.2, 0.25) is 5.02 Å². The van der Waals surface area contributed by atoms with Gasteiger partial charge in [0.1, 0.15) is 5.75 Å². The molecule has 0 fully saturated rings. The summed E-state index contributed by atoms with van der Waals surface area (Å²) in [6, 6.07) is 11.5. The van der Waals surface area contributed by atoms with Gasteiger partial charge in [0.2, 0.25) is 0 Å². The zero-order chi connectivity index (χ0) is 14.3. The fourth-order valence-corrected chi connectivity index (χ4v) is 3.15. The summed E-state index contributed by atoms with van der Waals surface area (Å²) in [5.74, 6) is 0.449. The van der Waals surface area contributed by atoms with Crippen LogP contribution in [-0.4, -0.2) is 23.6 Å². The molecule has 0 radical (unpaired) electrons. The fraction of sp³-hybridized carbons (Fsp3) is 0.250. The maximum absolute atomic E-state index is 10.1. The lowest BCUT2D eigenvalue weighted by atomic mass is 9.84. The third-order valence-electron chi connectivity index (χ3n) is 3.84. The van der Waals surface area contributed by atoms with E-state index in [2.05, 4.69) is 18.0 Å². The number of nitrogens with zero attached hydrogens (tertiary/aromatic N) is 1. The SMILES string of the molecule is CN1Cc2c(O)cc(Cl)cc2C(c2cccc(N)c2)C1. The van der Waals surface area contributed by atoms with E-state index >= 15 is 0 Å². The lowest BCUT2D eigenvalue weighted by Gasteiger charge is -2.33. The Morgan fingerprint density at radius 3 is 2.85 bits per heavy atom. The van der Waals surface area contributed by atoms with Crippen LogP contribution in [0.15, 0.2) is 36.4 Å². The second-order valence-corrected chi connectivity index (χ2v) is 5.85. The maximum atomic E-state index is 10.1. The van der Waals surface area contributed by atoms with Crippen molar-refractivity contribution in [2.24, 2.45) is 0 Å². The summed E-state index contributed by atoms with van der Waals surface area (Å²) in [5.41, 5.74) is 9.85. The number of rotatable bonds is 1. The van der Waals surface area contributed by atoms with Gasteiger partial charge in [0, 0.05) is 35.3 Å². The molecule has 1 atom stereocenters. The minimum Gasteiger partial charge on any atom is -0.508 e. The molecule has 1 heterocycles. The van der Waals surface area contributed by atoms with Crippen molar-refractivity contribution in [2.75, 3.05) is 19.3 Å². The van der Waals surface area contributed by atoms with E-state index < -0.39 is 0 Å². The first kappa shape index (κ1) is 13.3. The van der Waals surface area contributed by atoms with Crippen molar-refractivity contribution in [3.05, 3.63) is 58.1 Å². The number of benzene rings is 2. The Balaban J connectivity index is 2.15. The Labute approximate surface area is 123 Å². The molecule has 0 spiro atoms. The van der Waals surface area contributed by atoms with Crippen LogP contribution >= 0.6 is 11.6 Å². The number of anilines is 1. The predicted octanol–water partition coefficient (Wildman–Crippen LogP) is 3.21. The van der Waals surface area contributed by atoms with Crippen molar-refractivity contribution in [2.45, 2.75) is 12.5 Å². The number of hydrogen-bond acceptors (Lipinski definition) is 3. The summed E-state index contributed by atoms with van der Waals surface area (Å²) in [6.45, 7) is 1.62. The van der Waals surface area contributed by atoms with E-state index in [1.807, 2.05) is 24.3 Å². The molecule has 2 aromatic carbocycles. The molecule has 0 saturated heterocycles. The summed E-state index contributed by atoms with van der Waals surface area (Å²) in [4.78, 5) is 2.20. The van der Waals surface area contributed by atoms with E-state index in [0.717, 1.165) is 35.5 Å². The quantitative estimate of drug-likeness (QED) is 0.792. The third kappa shape index (κ3) is 2.35. The summed E-state index contributed by atoms with van der Waals surface area (Å²) in [5, 5.41) is 10.7. The summed E-state index contributed by atoms with van der Waals surface area (Å²) < 4.78 is 0. The van der Waals surface area contributed by atoms with Gasteiger partial charge in [-0.1, -0.05) is 23.7 Å². The molecule has 3 N–H and O–H groups in total. The van der Waals surface area contributed by atoms with Gasteiger partial charge < -0.3 is 15.7 Å². The molecule has 0 aromatic heterocycles. The third-order valence-corrected chi connectivity index (χ3v) is 4.05. The van der Waals surface area contributed by atoms with Gasteiger partial charge in [-0.2, -0.15) is 0 Å². The minimum atomic E-state index is 0.178. The van der Waals surface area contributed by atoms with E-state index in [1.54, 1.807) is 6.07 Å². The highest BCUT2D eigenvalue weighted by atomic mass is 35.5. The van der Waals surface area contributed by atoms with E-state index in [-0.39, 0.29) is 11.7 Å². The minimum absolute atomic E-state index is 0.178. The average molecular weight is 289 g/mol. The van der Waals surface area contributed by atoms with Gasteiger partial charge in [-0.05, 0) is 42.4 Å². The van der Waals surface area contributed by atoms with Crippen LogP contribution in [0.3, 0.4) is 0 Å². The monoisotopic (exact) mass is 288 g/mol. The van der Waals surface area contributed by atoms with Gasteiger partial charge >= 0.3 is 0 Å². The Bertz CT molecular complexity index is 657. The zero-order valence-corrected chi connectivity index (χ0v) is 12.1. The first-order valence-corrected chi connectivity index (χ1v) is 6.97. The van der Waals surface area contributed by atoms with E-state index in [4.69, 9.17) is 17.3 Å². The molecule has 3 rings (SSSR count). The first-order valence-electron chi connectivity index (χ1n) is 6.60. The van der Waals surface area contributed by atoms with Crippen LogP contribution < -0.4 is 5.73 Å². The van der Waals surface area contributed by atoms with Crippen LogP contribution in [0.25, 0.3) is 0 Å². The molecule has 1 aliphatic heterocycles. The molecule has 2 aromatic rings. The van der Waals surface area contributed by atoms with Crippen molar-refractivity contribution in [3.8, 4) is 5.75 Å². The fourth-order valence-electron chi connectivity index (χ4n) is 2.93. The Hall–Kier alpha value is -1.71. The lowest BCUT2D eigenvalue weighted by Crippen LogP contribution is -2.31. The van der Waals surface area contributed by atoms with Crippen molar-refractivity contribution in [3.63, 3.8) is 0 Å². The van der Waals surface area contributed by atoms with Gasteiger partial charge in [0.15, 0.2) is 0 Å². The molecule has 20 heavy (non-hydrogen) atoms. The zero-order valence-electron chi connectivity index (χ0n) is 11.3. The number of phenolic OH excluding ortho intramolecular Hbond substituents is 1. The van der Waals surface area contributed by atoms with E-state index in [0.29, 0.717) is 5.02 Å². The van der Waals surface area contributed by atoms with Gasteiger partial charge in [-0.3, -0.25) is 0 Å². The number of hydrogen-bond donors (Lipinski definition) is 2. The van der Waals surface area contributed by atoms with Gasteiger partial charge in [0.25, 0.3) is 0 Å². The average Bonchev–Trinajstić information content (AvgIpc) is 2.39. The molecule has 104 valence electrons. The van der Waals surface area contributed by atoms with Crippen molar-refractivity contribution >= 4 is 17.3 Å². The van der Waals surface area contributed by atoms with Crippen LogP contribution in [0.5, 0.6) is 5.75 Å². The summed E-state index contributed by atoms with van der Waals surface area (Å²) in [6.07, 6.45) is 0. The van der Waals surface area contributed by atoms with Crippen LogP contribution in [0.4, 0.5) is 5.69 Å². The number of nitrogens with two attached hydrogens (primary N) is 1. The van der Waals surface area contributed by atoms with Crippen LogP contribution in [-0.2, 0) is 6.54 Å². The number of phenols is 1. The lowest BCUT2D eigenvalue weighted by molar-refractivity contribution is 0.288. The smallest absolute Gasteiger partial charge is 0.121 e. The van der Waals surface area contributed by atoms with Crippen molar-refractivity contribution < 1.29 is 5.11 Å². The van der Waals surface area contributed by atoms with E-state index in [1.165, 1.54) is 0 Å². The number of aromatic hydroxyl groups is 1. The number of halogens is 1. The summed E-state index contributed by atoms with van der Waals surface area (Å²) in [7, 11) is 2.05. The highest BCUT2D eigenvalue weighted by Gasteiger charge is 2.27. The Morgan fingerprint density at radius 1 is 1.30 bits per heavy atom. The first-order chi connectivity index (χ1) is 9.54. The second-order valence-electron chi connectivity index (χ2n) is 5.41. The number of likely N-dealkylation sites (N-methyl/N-ethyl adjacent to an activating group) is 1. The molecule has 0 amide bonds. The van der Waals surface area contributed by atoms with Gasteiger partial charge in [-0.15, -0.1) is 0 Å². The molecule has 3 nitrogen and oxygen atoms in total. The number of fused-ring (bicyclic) bond motifs is 1. The van der Waals surface area contributed by atoms with Crippen LogP contribution in [0, 0.1) is 0 Å². The van der Waals surface area contributed by atoms with Crippen molar-refractivity contribution in [1.29, 1.82) is 0 Å². The van der Waals surface area contributed by atoms with E-state index in [9.17, 15) is 5.11 Å². The standard InChI is InChI=1S/C16H17ClN2O/c1-19-8-14(10-3-2-4-12(18)5-10)13-6-11(17)7-16(20)15(13)9-19/h2-7,14,20H,8-9,18H2,1H3. The second kappa shape index (κ2) is 5.00. The maximum Gasteiger partial charge on any atom is 0.121 e. The molecule has 0 bridgehead atoms. The summed E-state index contributed by atoms with van der Waals surface area (Å²) >= 11 is 6.10. The molecular formula is C16H17ClN2O. The highest BCUT2D eigenvalue weighted by Crippen LogP contribution is 2.39. The van der Waals surface area contributed by atoms with Crippen molar-refractivity contribution in [1.82, 2.24) is 4.90 Å². The Kier molecular flexibility index (Phi) is 3.32. The molecular weight excluding hydrogens is 272 g/mol. The van der Waals surface area contributed by atoms with Gasteiger partial charge in [0.05, 0.1) is 0 Å². The molecule has 1 aliphatic rings. The molecule has 0 aliphatic carbocycles. The highest BCUT2D eigenvalue weighted by molar-refractivity contribution is 6.30. The normalized spacial score (nSPS) is 18.8. The molecule has 1 unspecified atom stereocenters. The van der Waals surface area contributed by atoms with Gasteiger partial charge in [-0.25, -0.2) is 0 Å². The number of nitrogen functional groups attached to an aromatic ring is 1. The Morgan fingerprint density at radius 2 is 2.10 bits per heavy atom.